The summed E-state index contributed by atoms with van der Waals surface area (Å²) in [6.45, 7) is 0. The lowest BCUT2D eigenvalue weighted by molar-refractivity contribution is 1.44. The number of rotatable bonds is 0. The van der Waals surface area contributed by atoms with Gasteiger partial charge in [0, 0.05) is 8.95 Å². The summed E-state index contributed by atoms with van der Waals surface area (Å²) in [6, 6.07) is 15.7. The van der Waals surface area contributed by atoms with Crippen molar-refractivity contribution in [3.63, 3.8) is 0 Å². The first kappa shape index (κ1) is 13.1. The van der Waals surface area contributed by atoms with Crippen molar-refractivity contribution in [1.29, 1.82) is 10.5 Å². The van der Waals surface area contributed by atoms with Crippen molar-refractivity contribution < 1.29 is 0 Å². The van der Waals surface area contributed by atoms with Crippen molar-refractivity contribution in [1.82, 2.24) is 0 Å². The SMILES string of the molecule is N#Cc1cc2c(Br)c3ccccc3c(Br)c2cc1C#N. The number of fused-ring (bicyclic) bond motifs is 2. The molecule has 0 atom stereocenters. The molecule has 0 amide bonds. The fourth-order valence-electron chi connectivity index (χ4n) is 2.30. The molecule has 0 aliphatic rings. The molecule has 0 bridgehead atoms. The van der Waals surface area contributed by atoms with Crippen molar-refractivity contribution >= 4 is 53.4 Å². The Kier molecular flexibility index (Phi) is 3.22. The van der Waals surface area contributed by atoms with Crippen LogP contribution in [-0.4, -0.2) is 0 Å². The molecular formula is C16H6Br2N2. The van der Waals surface area contributed by atoms with E-state index in [9.17, 15) is 0 Å². The van der Waals surface area contributed by atoms with Crippen molar-refractivity contribution in [2.24, 2.45) is 0 Å². The summed E-state index contributed by atoms with van der Waals surface area (Å²) in [5.41, 5.74) is 0.783. The number of nitriles is 2. The molecule has 4 heteroatoms. The van der Waals surface area contributed by atoms with Crippen molar-refractivity contribution in [3.05, 3.63) is 56.5 Å². The van der Waals surface area contributed by atoms with Crippen LogP contribution in [0, 0.1) is 22.7 Å². The molecule has 0 heterocycles. The van der Waals surface area contributed by atoms with Crippen LogP contribution < -0.4 is 0 Å². The molecule has 0 aliphatic heterocycles. The molecule has 0 aliphatic carbocycles. The van der Waals surface area contributed by atoms with Crippen LogP contribution in [0.15, 0.2) is 45.3 Å². The Labute approximate surface area is 132 Å². The first-order valence-corrected chi connectivity index (χ1v) is 7.39. The lowest BCUT2D eigenvalue weighted by Crippen LogP contribution is -1.88. The van der Waals surface area contributed by atoms with Gasteiger partial charge in [-0.3, -0.25) is 0 Å². The average molecular weight is 386 g/mol. The number of nitrogens with zero attached hydrogens (tertiary/aromatic N) is 2. The quantitative estimate of drug-likeness (QED) is 0.495. The minimum atomic E-state index is 0.392. The summed E-state index contributed by atoms with van der Waals surface area (Å²) in [4.78, 5) is 0. The van der Waals surface area contributed by atoms with Crippen LogP contribution in [0.25, 0.3) is 21.5 Å². The van der Waals surface area contributed by atoms with E-state index in [1.54, 1.807) is 12.1 Å². The summed E-state index contributed by atoms with van der Waals surface area (Å²) < 4.78 is 1.87. The molecule has 0 saturated heterocycles. The highest BCUT2D eigenvalue weighted by atomic mass is 79.9. The van der Waals surface area contributed by atoms with E-state index < -0.39 is 0 Å². The Morgan fingerprint density at radius 2 is 1.10 bits per heavy atom. The molecule has 3 rings (SSSR count). The fraction of sp³-hybridized carbons (Fsp3) is 0. The molecule has 3 aromatic rings. The first-order chi connectivity index (χ1) is 9.67. The highest BCUT2D eigenvalue weighted by molar-refractivity contribution is 9.11. The van der Waals surface area contributed by atoms with Crippen LogP contribution in [0.1, 0.15) is 11.1 Å². The van der Waals surface area contributed by atoms with Gasteiger partial charge in [-0.05, 0) is 65.5 Å². The third-order valence-corrected chi connectivity index (χ3v) is 4.98. The predicted molar refractivity (Wildman–Crippen MR) is 86.3 cm³/mol. The van der Waals surface area contributed by atoms with Gasteiger partial charge in [0.25, 0.3) is 0 Å². The van der Waals surface area contributed by atoms with Gasteiger partial charge in [-0.25, -0.2) is 0 Å². The zero-order chi connectivity index (χ0) is 14.3. The summed E-state index contributed by atoms with van der Waals surface area (Å²) in [7, 11) is 0. The lowest BCUT2D eigenvalue weighted by atomic mass is 9.99. The molecule has 2 nitrogen and oxygen atoms in total. The standard InChI is InChI=1S/C16H6Br2N2/c17-15-11-3-1-2-4-12(11)16(18)14-6-10(8-20)9(7-19)5-13(14)15/h1-6H. The molecule has 0 aromatic heterocycles. The number of halogens is 2. The molecule has 3 aromatic carbocycles. The van der Waals surface area contributed by atoms with Crippen LogP contribution in [0.2, 0.25) is 0 Å². The van der Waals surface area contributed by atoms with Gasteiger partial charge in [0.05, 0.1) is 11.1 Å². The van der Waals surface area contributed by atoms with E-state index in [0.29, 0.717) is 11.1 Å². The van der Waals surface area contributed by atoms with Gasteiger partial charge in [0.2, 0.25) is 0 Å². The molecule has 0 unspecified atom stereocenters. The second-order valence-electron chi connectivity index (χ2n) is 4.34. The summed E-state index contributed by atoms with van der Waals surface area (Å²) in [5.74, 6) is 0. The third kappa shape index (κ3) is 1.81. The van der Waals surface area contributed by atoms with Crippen molar-refractivity contribution in [2.75, 3.05) is 0 Å². The van der Waals surface area contributed by atoms with Crippen molar-refractivity contribution in [3.8, 4) is 12.1 Å². The summed E-state index contributed by atoms with van der Waals surface area (Å²) in [6.07, 6.45) is 0. The molecule has 0 fully saturated rings. The number of hydrogen-bond donors (Lipinski definition) is 0. The van der Waals surface area contributed by atoms with Gasteiger partial charge in [-0.1, -0.05) is 24.3 Å². The van der Waals surface area contributed by atoms with E-state index >= 15 is 0 Å². The molecular weight excluding hydrogens is 380 g/mol. The highest BCUT2D eigenvalue weighted by Gasteiger charge is 2.13. The second-order valence-corrected chi connectivity index (χ2v) is 5.93. The Morgan fingerprint density at radius 1 is 0.700 bits per heavy atom. The summed E-state index contributed by atoms with van der Waals surface area (Å²) >= 11 is 7.23. The minimum Gasteiger partial charge on any atom is -0.192 e. The molecule has 0 spiro atoms. The second kappa shape index (κ2) is 4.90. The molecule has 0 saturated carbocycles. The number of benzene rings is 3. The van der Waals surface area contributed by atoms with E-state index in [1.807, 2.05) is 24.3 Å². The van der Waals surface area contributed by atoms with Crippen LogP contribution in [0.3, 0.4) is 0 Å². The molecule has 0 radical (unpaired) electrons. The van der Waals surface area contributed by atoms with Crippen LogP contribution in [-0.2, 0) is 0 Å². The normalized spacial score (nSPS) is 10.4. The molecule has 20 heavy (non-hydrogen) atoms. The topological polar surface area (TPSA) is 47.6 Å². The zero-order valence-electron chi connectivity index (χ0n) is 10.1. The van der Waals surface area contributed by atoms with E-state index in [1.165, 1.54) is 0 Å². The smallest absolute Gasteiger partial charge is 0.101 e. The Bertz CT molecular complexity index is 869. The van der Waals surface area contributed by atoms with E-state index in [2.05, 4.69) is 44.0 Å². The third-order valence-electron chi connectivity index (χ3n) is 3.27. The van der Waals surface area contributed by atoms with Crippen LogP contribution >= 0.6 is 31.9 Å². The highest BCUT2D eigenvalue weighted by Crippen LogP contribution is 2.40. The van der Waals surface area contributed by atoms with E-state index in [4.69, 9.17) is 10.5 Å². The maximum Gasteiger partial charge on any atom is 0.101 e. The van der Waals surface area contributed by atoms with Gasteiger partial charge in [0.15, 0.2) is 0 Å². The van der Waals surface area contributed by atoms with Crippen molar-refractivity contribution in [2.45, 2.75) is 0 Å². The average Bonchev–Trinajstić information content (AvgIpc) is 2.51. The predicted octanol–water partition coefficient (Wildman–Crippen LogP) is 5.26. The molecule has 94 valence electrons. The van der Waals surface area contributed by atoms with Crippen LogP contribution in [0.4, 0.5) is 0 Å². The van der Waals surface area contributed by atoms with Gasteiger partial charge in [-0.15, -0.1) is 0 Å². The minimum absolute atomic E-state index is 0.392. The van der Waals surface area contributed by atoms with Crippen LogP contribution in [0.5, 0.6) is 0 Å². The lowest BCUT2D eigenvalue weighted by Gasteiger charge is -2.10. The largest absolute Gasteiger partial charge is 0.192 e. The van der Waals surface area contributed by atoms with Gasteiger partial charge in [0.1, 0.15) is 12.1 Å². The van der Waals surface area contributed by atoms with Gasteiger partial charge < -0.3 is 0 Å². The molecule has 0 N–H and O–H groups in total. The fourth-order valence-corrected chi connectivity index (χ4v) is 3.65. The first-order valence-electron chi connectivity index (χ1n) is 5.81. The maximum atomic E-state index is 9.15. The number of hydrogen-bond acceptors (Lipinski definition) is 2. The van der Waals surface area contributed by atoms with E-state index in [0.717, 1.165) is 30.5 Å². The Hall–Kier alpha value is -1.88. The monoisotopic (exact) mass is 384 g/mol. The van der Waals surface area contributed by atoms with E-state index in [-0.39, 0.29) is 0 Å². The summed E-state index contributed by atoms with van der Waals surface area (Å²) in [5, 5.41) is 22.3. The Balaban J connectivity index is 2.61. The van der Waals surface area contributed by atoms with Gasteiger partial charge >= 0.3 is 0 Å². The van der Waals surface area contributed by atoms with Gasteiger partial charge in [-0.2, -0.15) is 10.5 Å². The zero-order valence-corrected chi connectivity index (χ0v) is 13.3. The Morgan fingerprint density at radius 3 is 1.45 bits per heavy atom. The maximum absolute atomic E-state index is 9.15.